The highest BCUT2D eigenvalue weighted by Crippen LogP contribution is 2.55. The van der Waals surface area contributed by atoms with Crippen molar-refractivity contribution < 1.29 is 4.79 Å². The van der Waals surface area contributed by atoms with Crippen molar-refractivity contribution in [3.63, 3.8) is 0 Å². The lowest BCUT2D eigenvalue weighted by Gasteiger charge is -2.36. The Labute approximate surface area is 228 Å². The molecule has 0 aromatic heterocycles. The Bertz CT molecular complexity index is 1010. The first-order valence-electron chi connectivity index (χ1n) is 13.5. The van der Waals surface area contributed by atoms with Gasteiger partial charge in [-0.1, -0.05) is 54.6 Å². The molecule has 0 radical (unpaired) electrons. The van der Waals surface area contributed by atoms with E-state index in [9.17, 15) is 4.79 Å². The van der Waals surface area contributed by atoms with Gasteiger partial charge < -0.3 is 16.8 Å². The number of rotatable bonds is 12. The Morgan fingerprint density at radius 2 is 1.21 bits per heavy atom. The molecule has 0 spiro atoms. The molecule has 3 aromatic carbocycles. The molecule has 202 valence electrons. The third-order valence-corrected chi connectivity index (χ3v) is 11.9. The SMILES string of the molecule is CN(CC(=O)NCCN1CCN(CC[P+](c2ccccc2)(c2ccccc2)c2ccccc2)CC1)C(N)N. The van der Waals surface area contributed by atoms with E-state index in [1.54, 1.807) is 11.9 Å². The fourth-order valence-corrected chi connectivity index (χ4v) is 9.45. The molecule has 7 nitrogen and oxygen atoms in total. The zero-order chi connectivity index (χ0) is 26.8. The summed E-state index contributed by atoms with van der Waals surface area (Å²) in [6, 6.07) is 33.3. The monoisotopic (exact) mass is 533 g/mol. The first-order chi connectivity index (χ1) is 18.5. The van der Waals surface area contributed by atoms with Crippen LogP contribution in [0.4, 0.5) is 0 Å². The molecule has 0 unspecified atom stereocenters. The molecule has 1 aliphatic heterocycles. The summed E-state index contributed by atoms with van der Waals surface area (Å²) in [6.45, 7) is 6.86. The number of carbonyl (C=O) groups excluding carboxylic acids is 1. The second-order valence-electron chi connectivity index (χ2n) is 9.98. The van der Waals surface area contributed by atoms with Crippen LogP contribution in [-0.2, 0) is 4.79 Å². The van der Waals surface area contributed by atoms with Crippen LogP contribution in [0.5, 0.6) is 0 Å². The zero-order valence-corrected chi connectivity index (χ0v) is 23.3. The van der Waals surface area contributed by atoms with Gasteiger partial charge in [-0.05, 0) is 43.4 Å². The van der Waals surface area contributed by atoms with Crippen LogP contribution in [0, 0.1) is 0 Å². The van der Waals surface area contributed by atoms with Crippen LogP contribution in [0.15, 0.2) is 91.0 Å². The number of piperazine rings is 1. The smallest absolute Gasteiger partial charge is 0.234 e. The Hall–Kier alpha value is -2.64. The minimum atomic E-state index is -1.81. The highest BCUT2D eigenvalue weighted by atomic mass is 31.2. The second kappa shape index (κ2) is 13.9. The first-order valence-corrected chi connectivity index (χ1v) is 15.4. The number of benzene rings is 3. The average Bonchev–Trinajstić information content (AvgIpc) is 2.96. The molecule has 4 rings (SSSR count). The number of nitrogens with two attached hydrogens (primary N) is 2. The number of hydrogen-bond donors (Lipinski definition) is 3. The van der Waals surface area contributed by atoms with E-state index < -0.39 is 13.6 Å². The summed E-state index contributed by atoms with van der Waals surface area (Å²) in [4.78, 5) is 18.8. The number of hydrogen-bond acceptors (Lipinski definition) is 6. The molecule has 1 amide bonds. The van der Waals surface area contributed by atoms with Crippen molar-refractivity contribution in [1.29, 1.82) is 0 Å². The highest BCUT2D eigenvalue weighted by Gasteiger charge is 2.45. The molecule has 5 N–H and O–H groups in total. The van der Waals surface area contributed by atoms with Gasteiger partial charge in [-0.3, -0.25) is 19.5 Å². The molecule has 38 heavy (non-hydrogen) atoms. The molecular formula is C30H42N6OP+. The summed E-state index contributed by atoms with van der Waals surface area (Å²) in [5.74, 6) is -0.0462. The highest BCUT2D eigenvalue weighted by molar-refractivity contribution is 7.95. The van der Waals surface area contributed by atoms with Crippen LogP contribution in [-0.4, -0.2) is 92.5 Å². The molecule has 1 fully saturated rings. The Morgan fingerprint density at radius 3 is 1.63 bits per heavy atom. The second-order valence-corrected chi connectivity index (χ2v) is 13.6. The normalized spacial score (nSPS) is 15.2. The van der Waals surface area contributed by atoms with Crippen molar-refractivity contribution in [2.24, 2.45) is 11.5 Å². The largest absolute Gasteiger partial charge is 0.354 e. The maximum absolute atomic E-state index is 12.1. The summed E-state index contributed by atoms with van der Waals surface area (Å²) in [7, 11) is -0.0635. The summed E-state index contributed by atoms with van der Waals surface area (Å²) < 4.78 is 0. The van der Waals surface area contributed by atoms with Crippen molar-refractivity contribution >= 4 is 29.1 Å². The standard InChI is InChI=1S/C30H41N6OP/c1-34(30(31)32)25-29(37)33-17-18-35-19-21-36(22-20-35)23-24-38(26-11-5-2-6-12-26,27-13-7-3-8-14-27)28-15-9-4-10-16-28/h2-16,30H,17-25,31-32H2,1H3/p+1. The Morgan fingerprint density at radius 1 is 0.789 bits per heavy atom. The topological polar surface area (TPSA) is 90.9 Å². The van der Waals surface area contributed by atoms with Crippen molar-refractivity contribution in [2.75, 3.05) is 65.6 Å². The maximum atomic E-state index is 12.1. The summed E-state index contributed by atoms with van der Waals surface area (Å²) in [6.07, 6.45) is 0.485. The third-order valence-electron chi connectivity index (χ3n) is 7.46. The number of likely N-dealkylation sites (N-methyl/N-ethyl adjacent to an activating group) is 1. The van der Waals surface area contributed by atoms with Crippen molar-refractivity contribution in [1.82, 2.24) is 20.0 Å². The molecule has 0 saturated carbocycles. The van der Waals surface area contributed by atoms with E-state index >= 15 is 0 Å². The van der Waals surface area contributed by atoms with E-state index in [0.29, 0.717) is 6.54 Å². The van der Waals surface area contributed by atoms with Gasteiger partial charge in [0.25, 0.3) is 0 Å². The van der Waals surface area contributed by atoms with E-state index in [2.05, 4.69) is 106 Å². The van der Waals surface area contributed by atoms with Crippen LogP contribution in [0.1, 0.15) is 0 Å². The van der Waals surface area contributed by atoms with Crippen LogP contribution in [0.3, 0.4) is 0 Å². The van der Waals surface area contributed by atoms with E-state index in [4.69, 9.17) is 11.5 Å². The summed E-state index contributed by atoms with van der Waals surface area (Å²) in [5.41, 5.74) is 11.2. The van der Waals surface area contributed by atoms with E-state index in [1.807, 2.05) is 0 Å². The van der Waals surface area contributed by atoms with Crippen LogP contribution >= 0.6 is 7.26 Å². The van der Waals surface area contributed by atoms with Gasteiger partial charge in [0.2, 0.25) is 5.91 Å². The Kier molecular flexibility index (Phi) is 10.4. The van der Waals surface area contributed by atoms with Gasteiger partial charge in [-0.25, -0.2) is 0 Å². The lowest BCUT2D eigenvalue weighted by atomic mass is 10.3. The van der Waals surface area contributed by atoms with Gasteiger partial charge in [-0.15, -0.1) is 0 Å². The molecule has 1 saturated heterocycles. The predicted molar refractivity (Wildman–Crippen MR) is 161 cm³/mol. The van der Waals surface area contributed by atoms with Gasteiger partial charge >= 0.3 is 0 Å². The van der Waals surface area contributed by atoms with E-state index in [1.165, 1.54) is 15.9 Å². The molecule has 0 bridgehead atoms. The van der Waals surface area contributed by atoms with Gasteiger partial charge in [0.05, 0.1) is 12.7 Å². The van der Waals surface area contributed by atoms with Gasteiger partial charge in [0, 0.05) is 45.8 Å². The molecule has 0 atom stereocenters. The minimum absolute atomic E-state index is 0.0462. The quantitative estimate of drug-likeness (QED) is 0.236. The number of amides is 1. The summed E-state index contributed by atoms with van der Waals surface area (Å²) in [5, 5.41) is 7.30. The fourth-order valence-electron chi connectivity index (χ4n) is 5.15. The minimum Gasteiger partial charge on any atom is -0.354 e. The molecule has 1 heterocycles. The van der Waals surface area contributed by atoms with Crippen LogP contribution < -0.4 is 32.7 Å². The van der Waals surface area contributed by atoms with Crippen LogP contribution in [0.2, 0.25) is 0 Å². The van der Waals surface area contributed by atoms with Gasteiger partial charge in [0.15, 0.2) is 0 Å². The van der Waals surface area contributed by atoms with Gasteiger partial charge in [0.1, 0.15) is 29.5 Å². The number of nitrogens with zero attached hydrogens (tertiary/aromatic N) is 3. The summed E-state index contributed by atoms with van der Waals surface area (Å²) >= 11 is 0. The lowest BCUT2D eigenvalue weighted by molar-refractivity contribution is -0.122. The van der Waals surface area contributed by atoms with Crippen molar-refractivity contribution in [2.45, 2.75) is 6.29 Å². The predicted octanol–water partition coefficient (Wildman–Crippen LogP) is 0.847. The van der Waals surface area contributed by atoms with Gasteiger partial charge in [-0.2, -0.15) is 0 Å². The molecule has 8 heteroatoms. The van der Waals surface area contributed by atoms with Crippen molar-refractivity contribution in [3.8, 4) is 0 Å². The average molecular weight is 534 g/mol. The molecular weight excluding hydrogens is 491 g/mol. The molecule has 3 aromatic rings. The van der Waals surface area contributed by atoms with E-state index in [-0.39, 0.29) is 12.5 Å². The fraction of sp³-hybridized carbons (Fsp3) is 0.367. The lowest BCUT2D eigenvalue weighted by Crippen LogP contribution is -2.52. The first kappa shape index (κ1) is 28.4. The Balaban J connectivity index is 1.38. The number of nitrogens with one attached hydrogen (secondary N) is 1. The van der Waals surface area contributed by atoms with Crippen molar-refractivity contribution in [3.05, 3.63) is 91.0 Å². The van der Waals surface area contributed by atoms with Crippen LogP contribution in [0.25, 0.3) is 0 Å². The maximum Gasteiger partial charge on any atom is 0.234 e. The van der Waals surface area contributed by atoms with E-state index in [0.717, 1.165) is 45.4 Å². The zero-order valence-electron chi connectivity index (χ0n) is 22.5. The third kappa shape index (κ3) is 7.26. The molecule has 1 aliphatic rings. The molecule has 0 aliphatic carbocycles. The number of carbonyl (C=O) groups is 1.